The van der Waals surface area contributed by atoms with E-state index >= 15 is 0 Å². The minimum absolute atomic E-state index is 0.159. The van der Waals surface area contributed by atoms with Crippen LogP contribution >= 0.6 is 0 Å². The van der Waals surface area contributed by atoms with Crippen molar-refractivity contribution in [3.8, 4) is 17.2 Å². The van der Waals surface area contributed by atoms with E-state index in [1.807, 2.05) is 19.0 Å². The minimum atomic E-state index is -0.468. The van der Waals surface area contributed by atoms with Crippen molar-refractivity contribution >= 4 is 11.9 Å². The Morgan fingerprint density at radius 3 is 1.57 bits per heavy atom. The van der Waals surface area contributed by atoms with Crippen LogP contribution in [0.4, 0.5) is 0 Å². The zero-order valence-corrected chi connectivity index (χ0v) is 35.3. The number of rotatable bonds is 36. The van der Waals surface area contributed by atoms with Crippen LogP contribution in [-0.4, -0.2) is 105 Å². The molecule has 0 fully saturated rings. The first-order chi connectivity index (χ1) is 26.1. The van der Waals surface area contributed by atoms with E-state index in [1.54, 1.807) is 12.1 Å². The molecule has 0 spiro atoms. The van der Waals surface area contributed by atoms with Gasteiger partial charge in [-0.25, -0.2) is 0 Å². The van der Waals surface area contributed by atoms with Crippen molar-refractivity contribution in [1.82, 2.24) is 9.80 Å². The maximum atomic E-state index is 13.1. The van der Waals surface area contributed by atoms with Crippen molar-refractivity contribution in [3.05, 3.63) is 17.7 Å². The van der Waals surface area contributed by atoms with Crippen LogP contribution in [-0.2, 0) is 20.7 Å². The number of aliphatic hydroxyl groups is 2. The fourth-order valence-corrected chi connectivity index (χ4v) is 6.74. The molecule has 1 aromatic rings. The lowest BCUT2D eigenvalue weighted by Crippen LogP contribution is -2.39. The molecule has 0 bridgehead atoms. The Kier molecular flexibility index (Phi) is 30.1. The summed E-state index contributed by atoms with van der Waals surface area (Å²) in [6, 6.07) is 3.52. The molecule has 0 aliphatic rings. The van der Waals surface area contributed by atoms with Crippen molar-refractivity contribution in [2.24, 2.45) is 0 Å². The number of hydrogen-bond acceptors (Lipinski definition) is 10. The normalized spacial score (nSPS) is 12.6. The average Bonchev–Trinajstić information content (AvgIpc) is 3.14. The predicted octanol–water partition coefficient (Wildman–Crippen LogP) is 8.90. The van der Waals surface area contributed by atoms with Gasteiger partial charge in [0.05, 0.1) is 33.0 Å². The van der Waals surface area contributed by atoms with E-state index in [0.29, 0.717) is 50.6 Å². The van der Waals surface area contributed by atoms with Crippen LogP contribution in [0.5, 0.6) is 17.2 Å². The molecular formula is C44H80N2O8. The van der Waals surface area contributed by atoms with Crippen molar-refractivity contribution in [3.63, 3.8) is 0 Å². The van der Waals surface area contributed by atoms with Crippen LogP contribution in [0.2, 0.25) is 0 Å². The highest BCUT2D eigenvalue weighted by Crippen LogP contribution is 2.39. The summed E-state index contributed by atoms with van der Waals surface area (Å²) < 4.78 is 22.3. The van der Waals surface area contributed by atoms with Gasteiger partial charge >= 0.3 is 11.9 Å². The second kappa shape index (κ2) is 32.8. The van der Waals surface area contributed by atoms with Gasteiger partial charge in [0.15, 0.2) is 11.5 Å². The fraction of sp³-hybridized carbons (Fsp3) is 0.818. The Balaban J connectivity index is 2.70. The Bertz CT molecular complexity index is 1030. The lowest BCUT2D eigenvalue weighted by molar-refractivity contribution is -0.143. The first-order valence-corrected chi connectivity index (χ1v) is 21.5. The van der Waals surface area contributed by atoms with Gasteiger partial charge in [0.25, 0.3) is 0 Å². The van der Waals surface area contributed by atoms with Crippen molar-refractivity contribution in [2.45, 2.75) is 174 Å². The lowest BCUT2D eigenvalue weighted by atomic mass is 10.0. The van der Waals surface area contributed by atoms with Crippen LogP contribution in [0.15, 0.2) is 12.1 Å². The van der Waals surface area contributed by atoms with Gasteiger partial charge in [0.2, 0.25) is 5.75 Å². The number of unbranched alkanes of at least 4 members (excludes halogenated alkanes) is 14. The highest BCUT2D eigenvalue weighted by molar-refractivity contribution is 5.75. The number of ether oxygens (including phenoxy) is 4. The largest absolute Gasteiger partial charge is 0.493 e. The molecule has 2 N–H and O–H groups in total. The van der Waals surface area contributed by atoms with Crippen LogP contribution in [0.25, 0.3) is 0 Å². The van der Waals surface area contributed by atoms with E-state index in [1.165, 1.54) is 91.3 Å². The molecule has 10 heteroatoms. The zero-order chi connectivity index (χ0) is 39.8. The van der Waals surface area contributed by atoms with E-state index < -0.39 is 18.2 Å². The summed E-state index contributed by atoms with van der Waals surface area (Å²) in [5.74, 6) is 0.231. The van der Waals surface area contributed by atoms with Crippen molar-refractivity contribution in [2.75, 3.05) is 61.1 Å². The van der Waals surface area contributed by atoms with Gasteiger partial charge in [-0.15, -0.1) is 0 Å². The highest BCUT2D eigenvalue weighted by atomic mass is 16.6. The molecule has 1 aromatic carbocycles. The van der Waals surface area contributed by atoms with E-state index in [0.717, 1.165) is 57.1 Å². The van der Waals surface area contributed by atoms with Gasteiger partial charge < -0.3 is 34.1 Å². The second-order valence-electron chi connectivity index (χ2n) is 15.4. The Morgan fingerprint density at radius 2 is 1.11 bits per heavy atom. The SMILES string of the molecule is CCCCCCCCCCC(O)CN(CCCC(=O)Oc1c(OC)cc(CCC(=O)OCCCN(C)C)cc1OC)CC(O)CCCCCCCCCC. The number of nitrogens with zero attached hydrogens (tertiary/aromatic N) is 2. The summed E-state index contributed by atoms with van der Waals surface area (Å²) in [7, 11) is 6.97. The smallest absolute Gasteiger partial charge is 0.311 e. The molecule has 0 aliphatic heterocycles. The number of carbonyl (C=O) groups excluding carboxylic acids is 2. The monoisotopic (exact) mass is 765 g/mol. The van der Waals surface area contributed by atoms with E-state index in [9.17, 15) is 19.8 Å². The van der Waals surface area contributed by atoms with Crippen LogP contribution in [0.1, 0.15) is 161 Å². The summed E-state index contributed by atoms with van der Waals surface area (Å²) in [6.07, 6.45) is 22.2. The van der Waals surface area contributed by atoms with E-state index in [-0.39, 0.29) is 24.6 Å². The number of hydrogen-bond donors (Lipinski definition) is 2. The molecule has 314 valence electrons. The third-order valence-electron chi connectivity index (χ3n) is 9.94. The molecule has 0 amide bonds. The number of esters is 2. The number of carbonyl (C=O) groups is 2. The number of benzene rings is 1. The van der Waals surface area contributed by atoms with Crippen molar-refractivity contribution < 1.29 is 38.7 Å². The summed E-state index contributed by atoms with van der Waals surface area (Å²) >= 11 is 0. The lowest BCUT2D eigenvalue weighted by Gasteiger charge is -2.27. The molecule has 10 nitrogen and oxygen atoms in total. The van der Waals surface area contributed by atoms with Gasteiger partial charge in [-0.1, -0.05) is 117 Å². The van der Waals surface area contributed by atoms with Gasteiger partial charge in [-0.2, -0.15) is 0 Å². The van der Waals surface area contributed by atoms with Gasteiger partial charge in [0, 0.05) is 32.5 Å². The molecular weight excluding hydrogens is 684 g/mol. The summed E-state index contributed by atoms with van der Waals surface area (Å²) in [5, 5.41) is 21.9. The molecule has 0 saturated heterocycles. The van der Waals surface area contributed by atoms with Gasteiger partial charge in [-0.3, -0.25) is 14.5 Å². The molecule has 0 heterocycles. The molecule has 2 atom stereocenters. The molecule has 0 aromatic heterocycles. The quantitative estimate of drug-likeness (QED) is 0.0390. The number of aliphatic hydroxyl groups excluding tert-OH is 2. The summed E-state index contributed by atoms with van der Waals surface area (Å²) in [6.45, 7) is 7.23. The Morgan fingerprint density at radius 1 is 0.630 bits per heavy atom. The summed E-state index contributed by atoms with van der Waals surface area (Å²) in [5.41, 5.74) is 0.806. The van der Waals surface area contributed by atoms with E-state index in [2.05, 4.69) is 18.7 Å². The summed E-state index contributed by atoms with van der Waals surface area (Å²) in [4.78, 5) is 29.5. The minimum Gasteiger partial charge on any atom is -0.493 e. The molecule has 2 unspecified atom stereocenters. The first-order valence-electron chi connectivity index (χ1n) is 21.5. The van der Waals surface area contributed by atoms with E-state index in [4.69, 9.17) is 18.9 Å². The standard InChI is InChI=1S/C44H80N2O8/c1-7-9-11-13-15-17-19-21-25-38(47)35-46(36-39(48)26-22-20-18-16-14-12-10-8-2)31-23-27-43(50)54-44-40(51-5)33-37(34-41(44)52-6)28-29-42(49)53-32-24-30-45(3)4/h33-34,38-39,47-48H,7-32,35-36H2,1-6H3. The fourth-order valence-electron chi connectivity index (χ4n) is 6.74. The topological polar surface area (TPSA) is 118 Å². The number of methoxy groups -OCH3 is 2. The molecule has 1 rings (SSSR count). The average molecular weight is 765 g/mol. The highest BCUT2D eigenvalue weighted by Gasteiger charge is 2.20. The van der Waals surface area contributed by atoms with Crippen LogP contribution in [0.3, 0.4) is 0 Å². The first kappa shape index (κ1) is 49.6. The second-order valence-corrected chi connectivity index (χ2v) is 15.4. The Labute approximate surface area is 329 Å². The third-order valence-corrected chi connectivity index (χ3v) is 9.94. The zero-order valence-electron chi connectivity index (χ0n) is 35.3. The maximum absolute atomic E-state index is 13.1. The predicted molar refractivity (Wildman–Crippen MR) is 220 cm³/mol. The Hall–Kier alpha value is -2.40. The number of aryl methyl sites for hydroxylation is 1. The molecule has 0 saturated carbocycles. The van der Waals surface area contributed by atoms with Crippen LogP contribution in [0, 0.1) is 0 Å². The molecule has 0 radical (unpaired) electrons. The van der Waals surface area contributed by atoms with Gasteiger partial charge in [0.1, 0.15) is 0 Å². The van der Waals surface area contributed by atoms with Crippen LogP contribution < -0.4 is 14.2 Å². The maximum Gasteiger partial charge on any atom is 0.311 e. The molecule has 0 aliphatic carbocycles. The third kappa shape index (κ3) is 25.6. The van der Waals surface area contributed by atoms with Crippen molar-refractivity contribution in [1.29, 1.82) is 0 Å². The molecule has 54 heavy (non-hydrogen) atoms. The van der Waals surface area contributed by atoms with Gasteiger partial charge in [-0.05, 0) is 70.4 Å².